The van der Waals surface area contributed by atoms with Gasteiger partial charge in [-0.15, -0.1) is 0 Å². The van der Waals surface area contributed by atoms with Crippen molar-refractivity contribution in [1.29, 1.82) is 0 Å². The largest absolute Gasteiger partial charge is 0.353 e. The molecule has 0 aliphatic carbocycles. The first-order valence-electron chi connectivity index (χ1n) is 5.24. The monoisotopic (exact) mass is 208 g/mol. The molecular formula is C11H16N2S. The Hall–Kier alpha value is -0.670. The third-order valence-corrected chi connectivity index (χ3v) is 3.22. The third kappa shape index (κ3) is 1.88. The van der Waals surface area contributed by atoms with Crippen LogP contribution in [-0.2, 0) is 0 Å². The molecule has 0 aromatic carbocycles. The van der Waals surface area contributed by atoms with Gasteiger partial charge < -0.3 is 4.98 Å². The standard InChI is InChI=1S/C11H16N2S/c1-2-13-7-3-4-10(13)9-5-6-11(14)12-8-9/h5-6,8,10H,2-4,7H2,1H3,(H,12,14). The summed E-state index contributed by atoms with van der Waals surface area (Å²) in [5, 5.41) is 0. The van der Waals surface area contributed by atoms with Crippen molar-refractivity contribution in [2.75, 3.05) is 13.1 Å². The van der Waals surface area contributed by atoms with Gasteiger partial charge in [0.1, 0.15) is 4.64 Å². The lowest BCUT2D eigenvalue weighted by Crippen LogP contribution is -2.22. The molecule has 0 amide bonds. The second-order valence-corrected chi connectivity index (χ2v) is 4.21. The predicted molar refractivity (Wildman–Crippen MR) is 60.8 cm³/mol. The van der Waals surface area contributed by atoms with Gasteiger partial charge in [0.05, 0.1) is 0 Å². The van der Waals surface area contributed by atoms with E-state index in [4.69, 9.17) is 12.2 Å². The van der Waals surface area contributed by atoms with Crippen LogP contribution in [0, 0.1) is 4.64 Å². The molecule has 1 N–H and O–H groups in total. The zero-order chi connectivity index (χ0) is 9.97. The van der Waals surface area contributed by atoms with Crippen LogP contribution < -0.4 is 0 Å². The predicted octanol–water partition coefficient (Wildman–Crippen LogP) is 2.90. The number of hydrogen-bond acceptors (Lipinski definition) is 2. The van der Waals surface area contributed by atoms with Gasteiger partial charge >= 0.3 is 0 Å². The zero-order valence-electron chi connectivity index (χ0n) is 8.49. The molecule has 1 unspecified atom stereocenters. The number of nitrogens with one attached hydrogen (secondary N) is 1. The fourth-order valence-corrected chi connectivity index (χ4v) is 2.34. The highest BCUT2D eigenvalue weighted by atomic mass is 32.1. The van der Waals surface area contributed by atoms with Crippen molar-refractivity contribution in [1.82, 2.24) is 9.88 Å². The molecule has 1 aromatic heterocycles. The maximum Gasteiger partial charge on any atom is 0.103 e. The molecule has 2 rings (SSSR count). The molecule has 0 radical (unpaired) electrons. The molecular weight excluding hydrogens is 192 g/mol. The number of pyridine rings is 1. The highest BCUT2D eigenvalue weighted by Gasteiger charge is 2.24. The molecule has 3 heteroatoms. The molecule has 1 aliphatic heterocycles. The second kappa shape index (κ2) is 4.24. The van der Waals surface area contributed by atoms with Crippen LogP contribution >= 0.6 is 12.2 Å². The van der Waals surface area contributed by atoms with Crippen molar-refractivity contribution in [3.63, 3.8) is 0 Å². The van der Waals surface area contributed by atoms with Crippen LogP contribution in [0.25, 0.3) is 0 Å². The lowest BCUT2D eigenvalue weighted by Gasteiger charge is -2.22. The van der Waals surface area contributed by atoms with Crippen LogP contribution in [0.3, 0.4) is 0 Å². The summed E-state index contributed by atoms with van der Waals surface area (Å²) < 4.78 is 0.815. The second-order valence-electron chi connectivity index (χ2n) is 3.77. The molecule has 14 heavy (non-hydrogen) atoms. The van der Waals surface area contributed by atoms with Crippen LogP contribution in [0.5, 0.6) is 0 Å². The Labute approximate surface area is 90.0 Å². The van der Waals surface area contributed by atoms with E-state index in [1.165, 1.54) is 24.9 Å². The topological polar surface area (TPSA) is 19.0 Å². The van der Waals surface area contributed by atoms with E-state index in [0.29, 0.717) is 6.04 Å². The first-order chi connectivity index (χ1) is 6.81. The summed E-state index contributed by atoms with van der Waals surface area (Å²) >= 11 is 5.03. The van der Waals surface area contributed by atoms with Gasteiger partial charge in [-0.2, -0.15) is 0 Å². The molecule has 0 spiro atoms. The first-order valence-corrected chi connectivity index (χ1v) is 5.65. The Morgan fingerprint density at radius 1 is 1.57 bits per heavy atom. The molecule has 1 aliphatic rings. The molecule has 1 atom stereocenters. The average molecular weight is 208 g/mol. The molecule has 1 saturated heterocycles. The number of aromatic amines is 1. The third-order valence-electron chi connectivity index (χ3n) is 2.96. The first kappa shape index (κ1) is 9.87. The van der Waals surface area contributed by atoms with Crippen molar-refractivity contribution in [3.05, 3.63) is 28.5 Å². The van der Waals surface area contributed by atoms with E-state index >= 15 is 0 Å². The highest BCUT2D eigenvalue weighted by Crippen LogP contribution is 2.30. The van der Waals surface area contributed by atoms with Gasteiger partial charge in [-0.05, 0) is 37.6 Å². The molecule has 0 bridgehead atoms. The Balaban J connectivity index is 2.21. The van der Waals surface area contributed by atoms with Crippen LogP contribution in [-0.4, -0.2) is 23.0 Å². The van der Waals surface area contributed by atoms with E-state index in [2.05, 4.69) is 29.1 Å². The van der Waals surface area contributed by atoms with Crippen LogP contribution in [0.2, 0.25) is 0 Å². The molecule has 1 fully saturated rings. The van der Waals surface area contributed by atoms with Crippen molar-refractivity contribution >= 4 is 12.2 Å². The molecule has 1 aromatic rings. The normalized spacial score (nSPS) is 22.8. The maximum atomic E-state index is 5.03. The molecule has 76 valence electrons. The lowest BCUT2D eigenvalue weighted by atomic mass is 10.1. The summed E-state index contributed by atoms with van der Waals surface area (Å²) in [7, 11) is 0. The Bertz CT molecular complexity index is 338. The van der Waals surface area contributed by atoms with E-state index < -0.39 is 0 Å². The van der Waals surface area contributed by atoms with Crippen molar-refractivity contribution < 1.29 is 0 Å². The number of hydrogen-bond donors (Lipinski definition) is 1. The van der Waals surface area contributed by atoms with E-state index in [0.717, 1.165) is 11.2 Å². The van der Waals surface area contributed by atoms with Gasteiger partial charge in [-0.25, -0.2) is 0 Å². The van der Waals surface area contributed by atoms with Crippen LogP contribution in [0.1, 0.15) is 31.4 Å². The summed E-state index contributed by atoms with van der Waals surface area (Å²) in [6, 6.07) is 4.74. The van der Waals surface area contributed by atoms with Crippen molar-refractivity contribution in [2.45, 2.75) is 25.8 Å². The van der Waals surface area contributed by atoms with Gasteiger partial charge in [0.2, 0.25) is 0 Å². The van der Waals surface area contributed by atoms with Gasteiger partial charge in [0.15, 0.2) is 0 Å². The fourth-order valence-electron chi connectivity index (χ4n) is 2.21. The van der Waals surface area contributed by atoms with E-state index in [1.807, 2.05) is 6.07 Å². The number of likely N-dealkylation sites (tertiary alicyclic amines) is 1. The van der Waals surface area contributed by atoms with Crippen LogP contribution in [0.15, 0.2) is 18.3 Å². The van der Waals surface area contributed by atoms with E-state index in [9.17, 15) is 0 Å². The summed E-state index contributed by atoms with van der Waals surface area (Å²) in [5.74, 6) is 0. The van der Waals surface area contributed by atoms with E-state index in [-0.39, 0.29) is 0 Å². The summed E-state index contributed by atoms with van der Waals surface area (Å²) in [4.78, 5) is 5.63. The fraction of sp³-hybridized carbons (Fsp3) is 0.545. The summed E-state index contributed by atoms with van der Waals surface area (Å²) in [6.45, 7) is 4.60. The van der Waals surface area contributed by atoms with E-state index in [1.54, 1.807) is 0 Å². The van der Waals surface area contributed by atoms with Crippen LogP contribution in [0.4, 0.5) is 0 Å². The maximum absolute atomic E-state index is 5.03. The quantitative estimate of drug-likeness (QED) is 0.754. The Morgan fingerprint density at radius 3 is 3.07 bits per heavy atom. The van der Waals surface area contributed by atoms with Crippen molar-refractivity contribution in [2.24, 2.45) is 0 Å². The molecule has 0 saturated carbocycles. The zero-order valence-corrected chi connectivity index (χ0v) is 9.31. The van der Waals surface area contributed by atoms with Gasteiger partial charge in [-0.1, -0.05) is 25.2 Å². The highest BCUT2D eigenvalue weighted by molar-refractivity contribution is 7.71. The minimum Gasteiger partial charge on any atom is -0.353 e. The molecule has 2 heterocycles. The minimum atomic E-state index is 0.604. The number of H-pyrrole nitrogens is 1. The summed E-state index contributed by atoms with van der Waals surface area (Å²) in [5.41, 5.74) is 1.37. The smallest absolute Gasteiger partial charge is 0.103 e. The Morgan fingerprint density at radius 2 is 2.43 bits per heavy atom. The van der Waals surface area contributed by atoms with Gasteiger partial charge in [-0.3, -0.25) is 4.90 Å². The molecule has 2 nitrogen and oxygen atoms in total. The van der Waals surface area contributed by atoms with Crippen molar-refractivity contribution in [3.8, 4) is 0 Å². The lowest BCUT2D eigenvalue weighted by molar-refractivity contribution is 0.271. The average Bonchev–Trinajstić information content (AvgIpc) is 2.67. The number of rotatable bonds is 2. The van der Waals surface area contributed by atoms with Gasteiger partial charge in [0, 0.05) is 12.2 Å². The Kier molecular flexibility index (Phi) is 2.99. The summed E-state index contributed by atoms with van der Waals surface area (Å²) in [6.07, 6.45) is 4.65. The minimum absolute atomic E-state index is 0.604. The van der Waals surface area contributed by atoms with Gasteiger partial charge in [0.25, 0.3) is 0 Å². The SMILES string of the molecule is CCN1CCCC1c1ccc(=S)[nH]c1. The number of nitrogens with zero attached hydrogens (tertiary/aromatic N) is 1. The number of aromatic nitrogens is 1.